The molecule has 0 saturated carbocycles. The first kappa shape index (κ1) is 17.9. The lowest BCUT2D eigenvalue weighted by Gasteiger charge is -2.12. The number of benzene rings is 2. The molecule has 3 rings (SSSR count). The highest BCUT2D eigenvalue weighted by Crippen LogP contribution is 2.30. The smallest absolute Gasteiger partial charge is 0.270 e. The van der Waals surface area contributed by atoms with Crippen molar-refractivity contribution in [3.05, 3.63) is 82.7 Å². The summed E-state index contributed by atoms with van der Waals surface area (Å²) in [6.45, 7) is 0. The van der Waals surface area contributed by atoms with Gasteiger partial charge in [0.2, 0.25) is 0 Å². The first-order chi connectivity index (χ1) is 13.1. The number of methoxy groups -OCH3 is 1. The van der Waals surface area contributed by atoms with Gasteiger partial charge in [-0.15, -0.1) is 0 Å². The summed E-state index contributed by atoms with van der Waals surface area (Å²) in [6, 6.07) is 13.9. The highest BCUT2D eigenvalue weighted by atomic mass is 16.6. The second kappa shape index (κ2) is 7.96. The molecule has 0 aliphatic heterocycles. The van der Waals surface area contributed by atoms with Gasteiger partial charge in [0.25, 0.3) is 11.6 Å². The van der Waals surface area contributed by atoms with Crippen LogP contribution < -0.4 is 14.8 Å². The third-order valence-electron chi connectivity index (χ3n) is 3.63. The maximum atomic E-state index is 12.6. The molecule has 0 fully saturated rings. The van der Waals surface area contributed by atoms with E-state index < -0.39 is 10.8 Å². The Hall–Kier alpha value is -3.94. The number of nitrogens with one attached hydrogen (secondary N) is 1. The van der Waals surface area contributed by atoms with Crippen LogP contribution in [0.5, 0.6) is 17.2 Å². The predicted octanol–water partition coefficient (Wildman–Crippen LogP) is 4.04. The molecule has 0 aliphatic carbocycles. The lowest BCUT2D eigenvalue weighted by atomic mass is 10.1. The van der Waals surface area contributed by atoms with Crippen molar-refractivity contribution in [2.45, 2.75) is 0 Å². The van der Waals surface area contributed by atoms with Crippen molar-refractivity contribution in [1.29, 1.82) is 0 Å². The van der Waals surface area contributed by atoms with Crippen LogP contribution >= 0.6 is 0 Å². The van der Waals surface area contributed by atoms with Crippen molar-refractivity contribution in [2.24, 2.45) is 0 Å². The largest absolute Gasteiger partial charge is 0.497 e. The summed E-state index contributed by atoms with van der Waals surface area (Å²) >= 11 is 0. The number of ether oxygens (including phenoxy) is 2. The zero-order valence-electron chi connectivity index (χ0n) is 14.3. The first-order valence-electron chi connectivity index (χ1n) is 7.88. The molecule has 0 saturated heterocycles. The lowest BCUT2D eigenvalue weighted by molar-refractivity contribution is -0.384. The number of aromatic nitrogens is 1. The van der Waals surface area contributed by atoms with E-state index >= 15 is 0 Å². The fraction of sp³-hybridized carbons (Fsp3) is 0.0526. The van der Waals surface area contributed by atoms with E-state index in [1.165, 1.54) is 24.4 Å². The molecule has 0 radical (unpaired) electrons. The number of nitrogens with zero attached hydrogens (tertiary/aromatic N) is 2. The summed E-state index contributed by atoms with van der Waals surface area (Å²) in [7, 11) is 1.55. The number of non-ortho nitro benzene ring substituents is 1. The van der Waals surface area contributed by atoms with E-state index in [1.54, 1.807) is 49.7 Å². The van der Waals surface area contributed by atoms with Gasteiger partial charge < -0.3 is 14.8 Å². The number of hydrogen-bond acceptors (Lipinski definition) is 6. The summed E-state index contributed by atoms with van der Waals surface area (Å²) < 4.78 is 10.8. The standard InChI is InChI=1S/C19H15N3O5/c1-26-15-5-7-16(8-6-15)27-18-9-4-14(22(24)25)11-17(18)19(23)21-13-3-2-10-20-12-13/h2-12H,1H3,(H,21,23). The Bertz CT molecular complexity index is 959. The third-order valence-corrected chi connectivity index (χ3v) is 3.63. The van der Waals surface area contributed by atoms with Crippen LogP contribution in [0.3, 0.4) is 0 Å². The number of pyridine rings is 1. The van der Waals surface area contributed by atoms with Crippen LogP contribution in [0, 0.1) is 10.1 Å². The second-order valence-electron chi connectivity index (χ2n) is 5.41. The average Bonchev–Trinajstić information content (AvgIpc) is 2.69. The Kier molecular flexibility index (Phi) is 5.27. The molecule has 0 unspecified atom stereocenters. The highest BCUT2D eigenvalue weighted by molar-refractivity contribution is 6.06. The van der Waals surface area contributed by atoms with Gasteiger partial charge in [0.05, 0.1) is 29.5 Å². The van der Waals surface area contributed by atoms with Crippen LogP contribution in [-0.4, -0.2) is 22.9 Å². The molecule has 8 heteroatoms. The topological polar surface area (TPSA) is 104 Å². The van der Waals surface area contributed by atoms with Gasteiger partial charge in [-0.1, -0.05) is 0 Å². The molecular weight excluding hydrogens is 350 g/mol. The molecule has 0 spiro atoms. The summed E-state index contributed by atoms with van der Waals surface area (Å²) in [5, 5.41) is 13.7. The van der Waals surface area contributed by atoms with E-state index in [1.807, 2.05) is 0 Å². The summed E-state index contributed by atoms with van der Waals surface area (Å²) in [5.74, 6) is 0.753. The number of rotatable bonds is 6. The van der Waals surface area contributed by atoms with Gasteiger partial charge in [0, 0.05) is 18.3 Å². The summed E-state index contributed by atoms with van der Waals surface area (Å²) in [6.07, 6.45) is 3.04. The van der Waals surface area contributed by atoms with Gasteiger partial charge in [-0.05, 0) is 42.5 Å². The Morgan fingerprint density at radius 3 is 2.48 bits per heavy atom. The van der Waals surface area contributed by atoms with Gasteiger partial charge in [0.1, 0.15) is 17.2 Å². The second-order valence-corrected chi connectivity index (χ2v) is 5.41. The minimum atomic E-state index is -0.571. The first-order valence-corrected chi connectivity index (χ1v) is 7.88. The normalized spacial score (nSPS) is 10.1. The molecule has 1 N–H and O–H groups in total. The number of nitro groups is 1. The Labute approximate surface area is 154 Å². The molecule has 0 bridgehead atoms. The Morgan fingerprint density at radius 2 is 1.85 bits per heavy atom. The van der Waals surface area contributed by atoms with Gasteiger partial charge in [-0.25, -0.2) is 0 Å². The van der Waals surface area contributed by atoms with E-state index in [2.05, 4.69) is 10.3 Å². The minimum absolute atomic E-state index is 0.0314. The molecule has 1 heterocycles. The molecule has 8 nitrogen and oxygen atoms in total. The summed E-state index contributed by atoms with van der Waals surface area (Å²) in [5.41, 5.74) is 0.279. The predicted molar refractivity (Wildman–Crippen MR) is 98.4 cm³/mol. The fourth-order valence-corrected chi connectivity index (χ4v) is 2.30. The molecule has 136 valence electrons. The molecule has 2 aromatic carbocycles. The van der Waals surface area contributed by atoms with E-state index in [-0.39, 0.29) is 17.0 Å². The van der Waals surface area contributed by atoms with Crippen LogP contribution in [0.25, 0.3) is 0 Å². The van der Waals surface area contributed by atoms with E-state index in [0.29, 0.717) is 17.2 Å². The van der Waals surface area contributed by atoms with Crippen molar-refractivity contribution in [1.82, 2.24) is 4.98 Å². The molecule has 0 aliphatic rings. The number of anilines is 1. The van der Waals surface area contributed by atoms with Crippen LogP contribution in [0.2, 0.25) is 0 Å². The van der Waals surface area contributed by atoms with Crippen LogP contribution in [-0.2, 0) is 0 Å². The Balaban J connectivity index is 1.92. The highest BCUT2D eigenvalue weighted by Gasteiger charge is 2.19. The monoisotopic (exact) mass is 365 g/mol. The van der Waals surface area contributed by atoms with Crippen LogP contribution in [0.4, 0.5) is 11.4 Å². The van der Waals surface area contributed by atoms with Gasteiger partial charge in [-0.3, -0.25) is 19.9 Å². The SMILES string of the molecule is COc1ccc(Oc2ccc([N+](=O)[O-])cc2C(=O)Nc2cccnc2)cc1. The zero-order chi connectivity index (χ0) is 19.2. The number of hydrogen-bond donors (Lipinski definition) is 1. The molecule has 0 atom stereocenters. The van der Waals surface area contributed by atoms with Crippen molar-refractivity contribution in [3.8, 4) is 17.2 Å². The van der Waals surface area contributed by atoms with Gasteiger partial charge >= 0.3 is 0 Å². The molecule has 1 amide bonds. The minimum Gasteiger partial charge on any atom is -0.497 e. The van der Waals surface area contributed by atoms with Crippen molar-refractivity contribution < 1.29 is 19.2 Å². The van der Waals surface area contributed by atoms with E-state index in [4.69, 9.17) is 9.47 Å². The van der Waals surface area contributed by atoms with Crippen LogP contribution in [0.15, 0.2) is 67.0 Å². The molecule has 3 aromatic rings. The number of carbonyl (C=O) groups excluding carboxylic acids is 1. The quantitative estimate of drug-likeness (QED) is 0.522. The number of nitro benzene ring substituents is 1. The number of carbonyl (C=O) groups is 1. The summed E-state index contributed by atoms with van der Waals surface area (Å²) in [4.78, 5) is 27.1. The van der Waals surface area contributed by atoms with E-state index in [0.717, 1.165) is 0 Å². The molecule has 27 heavy (non-hydrogen) atoms. The van der Waals surface area contributed by atoms with Gasteiger partial charge in [0.15, 0.2) is 0 Å². The van der Waals surface area contributed by atoms with E-state index in [9.17, 15) is 14.9 Å². The lowest BCUT2D eigenvalue weighted by Crippen LogP contribution is -2.13. The third kappa shape index (κ3) is 4.37. The van der Waals surface area contributed by atoms with Gasteiger partial charge in [-0.2, -0.15) is 0 Å². The van der Waals surface area contributed by atoms with Crippen molar-refractivity contribution in [2.75, 3.05) is 12.4 Å². The van der Waals surface area contributed by atoms with Crippen LogP contribution in [0.1, 0.15) is 10.4 Å². The maximum absolute atomic E-state index is 12.6. The molecular formula is C19H15N3O5. The zero-order valence-corrected chi connectivity index (χ0v) is 14.3. The number of amides is 1. The molecule has 1 aromatic heterocycles. The fourth-order valence-electron chi connectivity index (χ4n) is 2.30. The van der Waals surface area contributed by atoms with Crippen molar-refractivity contribution >= 4 is 17.3 Å². The van der Waals surface area contributed by atoms with Crippen molar-refractivity contribution in [3.63, 3.8) is 0 Å². The average molecular weight is 365 g/mol. The Morgan fingerprint density at radius 1 is 1.11 bits per heavy atom. The maximum Gasteiger partial charge on any atom is 0.270 e.